The first-order valence-electron chi connectivity index (χ1n) is 4.21. The molecule has 0 bridgehead atoms. The van der Waals surface area contributed by atoms with Crippen LogP contribution in [0.5, 0.6) is 0 Å². The van der Waals surface area contributed by atoms with Crippen molar-refractivity contribution in [3.63, 3.8) is 0 Å². The fraction of sp³-hybridized carbons (Fsp3) is 0.333. The van der Waals surface area contributed by atoms with E-state index in [-0.39, 0.29) is 0 Å². The molecule has 3 nitrogen and oxygen atoms in total. The molecule has 0 unspecified atom stereocenters. The predicted molar refractivity (Wildman–Crippen MR) is 44.8 cm³/mol. The van der Waals surface area contributed by atoms with Gasteiger partial charge in [-0.2, -0.15) is 18.4 Å². The van der Waals surface area contributed by atoms with Crippen LogP contribution in [0.25, 0.3) is 0 Å². The van der Waals surface area contributed by atoms with Crippen LogP contribution in [-0.2, 0) is 12.8 Å². The van der Waals surface area contributed by atoms with E-state index in [0.29, 0.717) is 6.20 Å². The van der Waals surface area contributed by atoms with E-state index in [1.807, 2.05) is 0 Å². The summed E-state index contributed by atoms with van der Waals surface area (Å²) in [6.07, 6.45) is -8.03. The van der Waals surface area contributed by atoms with Gasteiger partial charge in [-0.05, 0) is 0 Å². The van der Waals surface area contributed by atoms with E-state index in [4.69, 9.17) is 10.4 Å². The van der Waals surface area contributed by atoms with Crippen molar-refractivity contribution in [2.75, 3.05) is 0 Å². The van der Waals surface area contributed by atoms with Crippen molar-refractivity contribution < 1.29 is 27.1 Å². The van der Waals surface area contributed by atoms with Crippen molar-refractivity contribution in [3.8, 4) is 6.07 Å². The number of hydrogen-bond donors (Lipinski definition) is 1. The van der Waals surface area contributed by atoms with Gasteiger partial charge in [0.15, 0.2) is 5.69 Å². The minimum absolute atomic E-state index is 0.504. The number of nitriles is 1. The lowest BCUT2D eigenvalue weighted by atomic mass is 10.0. The molecule has 1 aromatic heterocycles. The smallest absolute Gasteiger partial charge is 0.392 e. The lowest BCUT2D eigenvalue weighted by molar-refractivity contribution is -0.143. The van der Waals surface area contributed by atoms with Crippen LogP contribution in [0.3, 0.4) is 0 Å². The topological polar surface area (TPSA) is 56.9 Å². The van der Waals surface area contributed by atoms with Gasteiger partial charge in [-0.25, -0.2) is 13.8 Å². The monoisotopic (exact) mass is 252 g/mol. The Hall–Kier alpha value is -1.75. The maximum absolute atomic E-state index is 12.6. The summed E-state index contributed by atoms with van der Waals surface area (Å²) >= 11 is 0. The standard InChI is InChI=1S/C9H5F5N2O/c10-8(11)6-5(3-17)4(1-15)2-16-7(6)9(12,13)14/h2,8,17H,3H2. The molecule has 1 rings (SSSR count). The molecule has 0 saturated carbocycles. The predicted octanol–water partition coefficient (Wildman–Crippen LogP) is 2.40. The summed E-state index contributed by atoms with van der Waals surface area (Å²) in [5.41, 5.74) is -4.48. The van der Waals surface area contributed by atoms with Crippen LogP contribution < -0.4 is 0 Å². The van der Waals surface area contributed by atoms with Crippen LogP contribution in [0, 0.1) is 11.3 Å². The second-order valence-corrected chi connectivity index (χ2v) is 2.98. The lowest BCUT2D eigenvalue weighted by Gasteiger charge is -2.15. The van der Waals surface area contributed by atoms with Crippen molar-refractivity contribution in [2.45, 2.75) is 19.2 Å². The van der Waals surface area contributed by atoms with Crippen LogP contribution in [0.1, 0.15) is 28.8 Å². The molecule has 1 aromatic rings. The number of aliphatic hydroxyl groups is 1. The molecule has 8 heteroatoms. The van der Waals surface area contributed by atoms with Gasteiger partial charge in [0.25, 0.3) is 6.43 Å². The molecule has 0 aromatic carbocycles. The van der Waals surface area contributed by atoms with Crippen molar-refractivity contribution >= 4 is 0 Å². The molecule has 0 fully saturated rings. The molecular weight excluding hydrogens is 247 g/mol. The van der Waals surface area contributed by atoms with E-state index < -0.39 is 41.6 Å². The Kier molecular flexibility index (Phi) is 3.63. The SMILES string of the molecule is N#Cc1cnc(C(F)(F)F)c(C(F)F)c1CO. The first-order valence-corrected chi connectivity index (χ1v) is 4.21. The van der Waals surface area contributed by atoms with Crippen LogP contribution in [-0.4, -0.2) is 10.1 Å². The van der Waals surface area contributed by atoms with Crippen LogP contribution in [0.2, 0.25) is 0 Å². The average Bonchev–Trinajstić information content (AvgIpc) is 2.25. The van der Waals surface area contributed by atoms with Crippen LogP contribution in [0.4, 0.5) is 22.0 Å². The zero-order valence-corrected chi connectivity index (χ0v) is 8.09. The highest BCUT2D eigenvalue weighted by Crippen LogP contribution is 2.37. The Morgan fingerprint density at radius 2 is 2.00 bits per heavy atom. The molecule has 0 amide bonds. The van der Waals surface area contributed by atoms with Gasteiger partial charge in [0, 0.05) is 11.8 Å². The highest BCUT2D eigenvalue weighted by molar-refractivity contribution is 5.44. The highest BCUT2D eigenvalue weighted by Gasteiger charge is 2.39. The Balaban J connectivity index is 3.61. The summed E-state index contributed by atoms with van der Waals surface area (Å²) in [6.45, 7) is -1.09. The number of pyridine rings is 1. The third-order valence-corrected chi connectivity index (χ3v) is 1.99. The normalized spacial score (nSPS) is 11.6. The molecule has 92 valence electrons. The fourth-order valence-electron chi connectivity index (χ4n) is 1.29. The van der Waals surface area contributed by atoms with Gasteiger partial charge >= 0.3 is 6.18 Å². The van der Waals surface area contributed by atoms with Crippen molar-refractivity contribution in [1.29, 1.82) is 5.26 Å². The van der Waals surface area contributed by atoms with Crippen molar-refractivity contribution in [1.82, 2.24) is 4.98 Å². The zero-order valence-electron chi connectivity index (χ0n) is 8.09. The summed E-state index contributed by atoms with van der Waals surface area (Å²) in [5, 5.41) is 17.3. The number of rotatable bonds is 2. The van der Waals surface area contributed by atoms with Gasteiger partial charge in [0.2, 0.25) is 0 Å². The Bertz CT molecular complexity index is 464. The molecule has 17 heavy (non-hydrogen) atoms. The van der Waals surface area contributed by atoms with E-state index in [1.165, 1.54) is 6.07 Å². The van der Waals surface area contributed by atoms with E-state index >= 15 is 0 Å². The molecule has 0 radical (unpaired) electrons. The number of aromatic nitrogens is 1. The summed E-state index contributed by atoms with van der Waals surface area (Å²) in [6, 6.07) is 1.40. The second-order valence-electron chi connectivity index (χ2n) is 2.98. The molecule has 1 heterocycles. The second kappa shape index (κ2) is 4.63. The summed E-state index contributed by atoms with van der Waals surface area (Å²) in [7, 11) is 0. The first kappa shape index (κ1) is 13.3. The van der Waals surface area contributed by atoms with Gasteiger partial charge in [-0.1, -0.05) is 0 Å². The van der Waals surface area contributed by atoms with Gasteiger partial charge in [0.1, 0.15) is 6.07 Å². The summed E-state index contributed by atoms with van der Waals surface area (Å²) < 4.78 is 62.3. The maximum atomic E-state index is 12.6. The third-order valence-electron chi connectivity index (χ3n) is 1.99. The largest absolute Gasteiger partial charge is 0.433 e. The summed E-state index contributed by atoms with van der Waals surface area (Å²) in [4.78, 5) is 2.81. The maximum Gasteiger partial charge on any atom is 0.433 e. The van der Waals surface area contributed by atoms with Crippen molar-refractivity contribution in [2.24, 2.45) is 0 Å². The number of halogens is 5. The number of hydrogen-bond acceptors (Lipinski definition) is 3. The minimum Gasteiger partial charge on any atom is -0.392 e. The number of aliphatic hydroxyl groups excluding tert-OH is 1. The lowest BCUT2D eigenvalue weighted by Crippen LogP contribution is -2.15. The fourth-order valence-corrected chi connectivity index (χ4v) is 1.29. The van der Waals surface area contributed by atoms with Crippen LogP contribution >= 0.6 is 0 Å². The van der Waals surface area contributed by atoms with E-state index in [2.05, 4.69) is 4.98 Å². The van der Waals surface area contributed by atoms with Gasteiger partial charge in [0.05, 0.1) is 17.7 Å². The average molecular weight is 252 g/mol. The molecule has 0 aliphatic rings. The third kappa shape index (κ3) is 2.50. The molecular formula is C9H5F5N2O. The first-order chi connectivity index (χ1) is 7.82. The van der Waals surface area contributed by atoms with Crippen molar-refractivity contribution in [3.05, 3.63) is 28.6 Å². The molecule has 0 aliphatic carbocycles. The van der Waals surface area contributed by atoms with Gasteiger partial charge in [-0.3, -0.25) is 0 Å². The van der Waals surface area contributed by atoms with E-state index in [1.54, 1.807) is 0 Å². The number of nitrogens with zero attached hydrogens (tertiary/aromatic N) is 2. The molecule has 0 spiro atoms. The van der Waals surface area contributed by atoms with E-state index in [9.17, 15) is 22.0 Å². The Morgan fingerprint density at radius 1 is 1.41 bits per heavy atom. The molecule has 0 atom stereocenters. The number of alkyl halides is 5. The molecule has 1 N–H and O–H groups in total. The van der Waals surface area contributed by atoms with Gasteiger partial charge in [-0.15, -0.1) is 0 Å². The van der Waals surface area contributed by atoms with E-state index in [0.717, 1.165) is 0 Å². The minimum atomic E-state index is -5.07. The van der Waals surface area contributed by atoms with Crippen LogP contribution in [0.15, 0.2) is 6.20 Å². The van der Waals surface area contributed by atoms with Gasteiger partial charge < -0.3 is 5.11 Å². The Labute approximate surface area is 92.1 Å². The Morgan fingerprint density at radius 3 is 2.35 bits per heavy atom. The molecule has 0 saturated heterocycles. The zero-order chi connectivity index (χ0) is 13.2. The quantitative estimate of drug-likeness (QED) is 0.822. The molecule has 0 aliphatic heterocycles. The summed E-state index contributed by atoms with van der Waals surface area (Å²) in [5.74, 6) is 0. The highest BCUT2D eigenvalue weighted by atomic mass is 19.4.